The van der Waals surface area contributed by atoms with Gasteiger partial charge in [0.25, 0.3) is 5.91 Å². The van der Waals surface area contributed by atoms with Gasteiger partial charge >= 0.3 is 0 Å². The smallest absolute Gasteiger partial charge is 0.274 e. The number of hydrogen-bond acceptors (Lipinski definition) is 4. The number of hydrogen-bond donors (Lipinski definition) is 2. The fourth-order valence-electron chi connectivity index (χ4n) is 3.01. The van der Waals surface area contributed by atoms with E-state index < -0.39 is 0 Å². The second-order valence-corrected chi connectivity index (χ2v) is 6.44. The molecule has 0 atom stereocenters. The Hall–Kier alpha value is -3.73. The predicted octanol–water partition coefficient (Wildman–Crippen LogP) is 5.19. The summed E-state index contributed by atoms with van der Waals surface area (Å²) in [6.45, 7) is 2.13. The molecule has 0 unspecified atom stereocenters. The van der Waals surface area contributed by atoms with Crippen molar-refractivity contribution in [3.05, 3.63) is 90.4 Å². The average Bonchev–Trinajstić information content (AvgIpc) is 2.75. The minimum Gasteiger partial charge on any atom is -0.355 e. The van der Waals surface area contributed by atoms with Crippen molar-refractivity contribution in [1.82, 2.24) is 9.97 Å². The van der Waals surface area contributed by atoms with Gasteiger partial charge in [-0.1, -0.05) is 37.3 Å². The maximum Gasteiger partial charge on any atom is 0.274 e. The summed E-state index contributed by atoms with van der Waals surface area (Å²) in [6.07, 6.45) is 4.34. The summed E-state index contributed by atoms with van der Waals surface area (Å²) in [4.78, 5) is 21.3. The summed E-state index contributed by atoms with van der Waals surface area (Å²) < 4.78 is 0. The Bertz CT molecular complexity index is 1120. The van der Waals surface area contributed by atoms with Gasteiger partial charge in [-0.2, -0.15) is 0 Å². The maximum atomic E-state index is 12.7. The van der Waals surface area contributed by atoms with Gasteiger partial charge in [0, 0.05) is 29.2 Å². The van der Waals surface area contributed by atoms with E-state index in [0.29, 0.717) is 11.4 Å². The summed E-state index contributed by atoms with van der Waals surface area (Å²) in [5.74, 6) is -0.275. The number of fused-ring (bicyclic) bond motifs is 1. The highest BCUT2D eigenvalue weighted by atomic mass is 16.1. The first-order chi connectivity index (χ1) is 13.7. The van der Waals surface area contributed by atoms with E-state index in [1.807, 2.05) is 48.5 Å². The van der Waals surface area contributed by atoms with Crippen LogP contribution in [0.15, 0.2) is 79.1 Å². The molecule has 0 spiro atoms. The molecule has 4 rings (SSSR count). The molecule has 1 amide bonds. The number of aryl methyl sites for hydroxylation is 1. The topological polar surface area (TPSA) is 66.9 Å². The number of aromatic nitrogens is 2. The summed E-state index contributed by atoms with van der Waals surface area (Å²) in [7, 11) is 0. The average molecular weight is 368 g/mol. The van der Waals surface area contributed by atoms with Crippen LogP contribution in [0.4, 0.5) is 17.1 Å². The molecule has 0 aliphatic carbocycles. The summed E-state index contributed by atoms with van der Waals surface area (Å²) in [6, 6.07) is 21.3. The van der Waals surface area contributed by atoms with Crippen LogP contribution in [0.25, 0.3) is 10.9 Å². The Morgan fingerprint density at radius 1 is 0.893 bits per heavy atom. The fourth-order valence-corrected chi connectivity index (χ4v) is 3.01. The minimum absolute atomic E-state index is 0.275. The number of anilines is 3. The van der Waals surface area contributed by atoms with Crippen LogP contribution >= 0.6 is 0 Å². The third-order valence-electron chi connectivity index (χ3n) is 4.52. The molecule has 0 bridgehead atoms. The molecule has 0 fully saturated rings. The Labute approximate surface area is 163 Å². The first-order valence-corrected chi connectivity index (χ1v) is 9.20. The molecule has 0 aliphatic rings. The van der Waals surface area contributed by atoms with Crippen molar-refractivity contribution in [3.8, 4) is 0 Å². The summed E-state index contributed by atoms with van der Waals surface area (Å²) in [5.41, 5.74) is 4.81. The lowest BCUT2D eigenvalue weighted by Crippen LogP contribution is -2.14. The van der Waals surface area contributed by atoms with Crippen molar-refractivity contribution in [2.24, 2.45) is 0 Å². The lowest BCUT2D eigenvalue weighted by Gasteiger charge is -2.10. The van der Waals surface area contributed by atoms with Gasteiger partial charge in [-0.15, -0.1) is 0 Å². The molecule has 2 heterocycles. The highest BCUT2D eigenvalue weighted by molar-refractivity contribution is 6.07. The Balaban J connectivity index is 1.54. The highest BCUT2D eigenvalue weighted by Gasteiger charge is 2.11. The number of para-hydroxylation sites is 1. The van der Waals surface area contributed by atoms with Crippen LogP contribution in [-0.4, -0.2) is 15.9 Å². The standard InChI is InChI=1S/C23H20N4O/c1-2-16-8-10-18(11-9-16)26-19-12-14-24-21(15-19)23(28)27-20-7-3-5-17-6-4-13-25-22(17)20/h3-15H,2H2,1H3,(H,24,26)(H,27,28). The van der Waals surface area contributed by atoms with Crippen molar-refractivity contribution in [2.75, 3.05) is 10.6 Å². The van der Waals surface area contributed by atoms with Crippen LogP contribution in [0.5, 0.6) is 0 Å². The van der Waals surface area contributed by atoms with Crippen LogP contribution in [0.3, 0.4) is 0 Å². The second kappa shape index (κ2) is 7.88. The lowest BCUT2D eigenvalue weighted by molar-refractivity contribution is 0.102. The monoisotopic (exact) mass is 368 g/mol. The van der Waals surface area contributed by atoms with E-state index in [-0.39, 0.29) is 5.91 Å². The Morgan fingerprint density at radius 3 is 2.54 bits per heavy atom. The first-order valence-electron chi connectivity index (χ1n) is 9.20. The van der Waals surface area contributed by atoms with Crippen molar-refractivity contribution in [3.63, 3.8) is 0 Å². The highest BCUT2D eigenvalue weighted by Crippen LogP contribution is 2.22. The van der Waals surface area contributed by atoms with E-state index in [1.54, 1.807) is 18.5 Å². The second-order valence-electron chi connectivity index (χ2n) is 6.44. The van der Waals surface area contributed by atoms with Gasteiger partial charge < -0.3 is 10.6 Å². The number of nitrogens with one attached hydrogen (secondary N) is 2. The Morgan fingerprint density at radius 2 is 1.71 bits per heavy atom. The molecule has 2 aromatic heterocycles. The van der Waals surface area contributed by atoms with Crippen LogP contribution in [0.1, 0.15) is 23.0 Å². The molecule has 5 heteroatoms. The summed E-state index contributed by atoms with van der Waals surface area (Å²) in [5, 5.41) is 7.20. The minimum atomic E-state index is -0.275. The molecule has 28 heavy (non-hydrogen) atoms. The number of pyridine rings is 2. The molecule has 0 saturated carbocycles. The molecule has 2 aromatic carbocycles. The zero-order valence-corrected chi connectivity index (χ0v) is 15.5. The van der Waals surface area contributed by atoms with E-state index in [4.69, 9.17) is 0 Å². The van der Waals surface area contributed by atoms with Gasteiger partial charge in [0.1, 0.15) is 5.69 Å². The first kappa shape index (κ1) is 17.7. The van der Waals surface area contributed by atoms with E-state index in [2.05, 4.69) is 39.7 Å². The van der Waals surface area contributed by atoms with E-state index in [1.165, 1.54) is 5.56 Å². The molecule has 5 nitrogen and oxygen atoms in total. The van der Waals surface area contributed by atoms with E-state index >= 15 is 0 Å². The van der Waals surface area contributed by atoms with Crippen LogP contribution < -0.4 is 10.6 Å². The van der Waals surface area contributed by atoms with Crippen molar-refractivity contribution >= 4 is 33.9 Å². The fraction of sp³-hybridized carbons (Fsp3) is 0.0870. The van der Waals surface area contributed by atoms with Crippen molar-refractivity contribution in [2.45, 2.75) is 13.3 Å². The molecule has 0 aliphatic heterocycles. The normalized spacial score (nSPS) is 10.6. The molecule has 0 saturated heterocycles. The van der Waals surface area contributed by atoms with Crippen LogP contribution in [0, 0.1) is 0 Å². The van der Waals surface area contributed by atoms with Gasteiger partial charge in [-0.05, 0) is 48.4 Å². The third-order valence-corrected chi connectivity index (χ3v) is 4.52. The maximum absolute atomic E-state index is 12.7. The van der Waals surface area contributed by atoms with Gasteiger partial charge in [0.15, 0.2) is 0 Å². The van der Waals surface area contributed by atoms with Crippen LogP contribution in [-0.2, 0) is 6.42 Å². The number of nitrogens with zero attached hydrogens (tertiary/aromatic N) is 2. The van der Waals surface area contributed by atoms with Gasteiger partial charge in [-0.25, -0.2) is 0 Å². The van der Waals surface area contributed by atoms with Gasteiger partial charge in [0.2, 0.25) is 0 Å². The molecular weight excluding hydrogens is 348 g/mol. The number of carbonyl (C=O) groups is 1. The quantitative estimate of drug-likeness (QED) is 0.509. The SMILES string of the molecule is CCc1ccc(Nc2ccnc(C(=O)Nc3cccc4cccnc34)c2)cc1. The summed E-state index contributed by atoms with van der Waals surface area (Å²) >= 11 is 0. The molecule has 0 radical (unpaired) electrons. The molecule has 138 valence electrons. The van der Waals surface area contributed by atoms with Gasteiger partial charge in [0.05, 0.1) is 11.2 Å². The molecular formula is C23H20N4O. The van der Waals surface area contributed by atoms with E-state index in [0.717, 1.165) is 28.7 Å². The zero-order valence-electron chi connectivity index (χ0n) is 15.5. The number of carbonyl (C=O) groups excluding carboxylic acids is 1. The number of amides is 1. The third kappa shape index (κ3) is 3.83. The van der Waals surface area contributed by atoms with E-state index in [9.17, 15) is 4.79 Å². The molecule has 2 N–H and O–H groups in total. The molecule has 4 aromatic rings. The number of benzene rings is 2. The Kier molecular flexibility index (Phi) is 4.97. The predicted molar refractivity (Wildman–Crippen MR) is 113 cm³/mol. The van der Waals surface area contributed by atoms with Crippen molar-refractivity contribution < 1.29 is 4.79 Å². The van der Waals surface area contributed by atoms with Crippen molar-refractivity contribution in [1.29, 1.82) is 0 Å². The number of rotatable bonds is 5. The lowest BCUT2D eigenvalue weighted by atomic mass is 10.1. The zero-order chi connectivity index (χ0) is 19.3. The largest absolute Gasteiger partial charge is 0.355 e. The van der Waals surface area contributed by atoms with Gasteiger partial charge in [-0.3, -0.25) is 14.8 Å². The van der Waals surface area contributed by atoms with Crippen LogP contribution in [0.2, 0.25) is 0 Å².